The highest BCUT2D eigenvalue weighted by atomic mass is 16.4. The normalized spacial score (nSPS) is 25.9. The van der Waals surface area contributed by atoms with Crippen LogP contribution in [0.3, 0.4) is 0 Å². The third kappa shape index (κ3) is 3.32. The van der Waals surface area contributed by atoms with Crippen LogP contribution in [0.4, 0.5) is 0 Å². The standard InChI is InChI=1S/C15H26N2O3/c1-11(2)13(16-7-4-3-5-8-16)14(18)17-9-6-12(10-17)15(19)20/h11-13H,3-10H2,1-2H3,(H,19,20). The van der Waals surface area contributed by atoms with Gasteiger partial charge in [0, 0.05) is 13.1 Å². The quantitative estimate of drug-likeness (QED) is 0.847. The van der Waals surface area contributed by atoms with E-state index in [0.29, 0.717) is 19.5 Å². The average Bonchev–Trinajstić information content (AvgIpc) is 2.89. The fourth-order valence-electron chi connectivity index (χ4n) is 3.41. The molecule has 2 aliphatic heterocycles. The Morgan fingerprint density at radius 1 is 1.10 bits per heavy atom. The van der Waals surface area contributed by atoms with E-state index in [9.17, 15) is 9.59 Å². The Morgan fingerprint density at radius 2 is 1.75 bits per heavy atom. The monoisotopic (exact) mass is 282 g/mol. The van der Waals surface area contributed by atoms with Crippen LogP contribution in [0.15, 0.2) is 0 Å². The van der Waals surface area contributed by atoms with E-state index in [4.69, 9.17) is 5.11 Å². The molecule has 114 valence electrons. The second-order valence-electron chi connectivity index (χ2n) is 6.39. The number of aliphatic carboxylic acids is 1. The van der Waals surface area contributed by atoms with E-state index in [2.05, 4.69) is 18.7 Å². The molecule has 0 aromatic rings. The third-order valence-corrected chi connectivity index (χ3v) is 4.52. The predicted octanol–water partition coefficient (Wildman–Crippen LogP) is 1.43. The van der Waals surface area contributed by atoms with Crippen molar-refractivity contribution >= 4 is 11.9 Å². The summed E-state index contributed by atoms with van der Waals surface area (Å²) in [6, 6.07) is -0.0807. The van der Waals surface area contributed by atoms with Crippen LogP contribution in [0.5, 0.6) is 0 Å². The minimum Gasteiger partial charge on any atom is -0.481 e. The number of rotatable bonds is 4. The smallest absolute Gasteiger partial charge is 0.308 e. The van der Waals surface area contributed by atoms with Crippen LogP contribution in [0.25, 0.3) is 0 Å². The lowest BCUT2D eigenvalue weighted by atomic mass is 9.98. The van der Waals surface area contributed by atoms with Crippen molar-refractivity contribution in [2.45, 2.75) is 45.6 Å². The minimum absolute atomic E-state index is 0.0807. The van der Waals surface area contributed by atoms with Crippen LogP contribution in [0.1, 0.15) is 39.5 Å². The molecule has 1 amide bonds. The van der Waals surface area contributed by atoms with E-state index in [-0.39, 0.29) is 23.8 Å². The fourth-order valence-corrected chi connectivity index (χ4v) is 3.41. The van der Waals surface area contributed by atoms with Crippen LogP contribution in [0, 0.1) is 11.8 Å². The zero-order chi connectivity index (χ0) is 14.7. The summed E-state index contributed by atoms with van der Waals surface area (Å²) in [6.07, 6.45) is 4.16. The SMILES string of the molecule is CC(C)C(C(=O)N1CCC(C(=O)O)C1)N1CCCCC1. The Morgan fingerprint density at radius 3 is 2.25 bits per heavy atom. The van der Waals surface area contributed by atoms with E-state index >= 15 is 0 Å². The van der Waals surface area contributed by atoms with Crippen molar-refractivity contribution in [1.82, 2.24) is 9.80 Å². The molecule has 5 nitrogen and oxygen atoms in total. The lowest BCUT2D eigenvalue weighted by molar-refractivity contribution is -0.142. The summed E-state index contributed by atoms with van der Waals surface area (Å²) in [5.74, 6) is -0.761. The van der Waals surface area contributed by atoms with Crippen LogP contribution < -0.4 is 0 Å². The first-order chi connectivity index (χ1) is 9.50. The molecular weight excluding hydrogens is 256 g/mol. The molecule has 2 saturated heterocycles. The summed E-state index contributed by atoms with van der Waals surface area (Å²) in [5, 5.41) is 9.06. The van der Waals surface area contributed by atoms with Gasteiger partial charge in [0.05, 0.1) is 12.0 Å². The van der Waals surface area contributed by atoms with Gasteiger partial charge in [-0.3, -0.25) is 14.5 Å². The highest BCUT2D eigenvalue weighted by Crippen LogP contribution is 2.23. The second-order valence-corrected chi connectivity index (χ2v) is 6.39. The Bertz CT molecular complexity index is 364. The van der Waals surface area contributed by atoms with Crippen LogP contribution in [0.2, 0.25) is 0 Å². The fraction of sp³-hybridized carbons (Fsp3) is 0.867. The van der Waals surface area contributed by atoms with Crippen molar-refractivity contribution in [2.24, 2.45) is 11.8 Å². The number of hydrogen-bond acceptors (Lipinski definition) is 3. The summed E-state index contributed by atoms with van der Waals surface area (Å²) in [6.45, 7) is 7.12. The zero-order valence-electron chi connectivity index (χ0n) is 12.5. The Labute approximate surface area is 120 Å². The lowest BCUT2D eigenvalue weighted by Gasteiger charge is -2.37. The molecule has 0 saturated carbocycles. The number of carbonyl (C=O) groups is 2. The summed E-state index contributed by atoms with van der Waals surface area (Å²) in [4.78, 5) is 27.8. The van der Waals surface area contributed by atoms with E-state index in [0.717, 1.165) is 25.9 Å². The molecule has 2 atom stereocenters. The van der Waals surface area contributed by atoms with Crippen LogP contribution in [-0.2, 0) is 9.59 Å². The number of carboxylic acids is 1. The number of nitrogens with zero attached hydrogens (tertiary/aromatic N) is 2. The molecule has 2 heterocycles. The molecule has 0 aromatic carbocycles. The molecular formula is C15H26N2O3. The average molecular weight is 282 g/mol. The highest BCUT2D eigenvalue weighted by molar-refractivity contribution is 5.83. The van der Waals surface area contributed by atoms with Crippen molar-refractivity contribution in [3.05, 3.63) is 0 Å². The Hall–Kier alpha value is -1.10. The van der Waals surface area contributed by atoms with Crippen molar-refractivity contribution < 1.29 is 14.7 Å². The van der Waals surface area contributed by atoms with Gasteiger partial charge in [0.25, 0.3) is 0 Å². The molecule has 0 bridgehead atoms. The van der Waals surface area contributed by atoms with Crippen molar-refractivity contribution in [1.29, 1.82) is 0 Å². The Kier molecular flexibility index (Phi) is 5.02. The van der Waals surface area contributed by atoms with E-state index in [1.807, 2.05) is 0 Å². The van der Waals surface area contributed by atoms with E-state index < -0.39 is 5.97 Å². The molecule has 20 heavy (non-hydrogen) atoms. The maximum atomic E-state index is 12.7. The zero-order valence-corrected chi connectivity index (χ0v) is 12.5. The number of likely N-dealkylation sites (tertiary alicyclic amines) is 2. The minimum atomic E-state index is -0.778. The van der Waals surface area contributed by atoms with Crippen molar-refractivity contribution in [2.75, 3.05) is 26.2 Å². The largest absolute Gasteiger partial charge is 0.481 e. The summed E-state index contributed by atoms with van der Waals surface area (Å²) in [7, 11) is 0. The molecule has 2 fully saturated rings. The number of amides is 1. The van der Waals surface area contributed by atoms with Gasteiger partial charge >= 0.3 is 5.97 Å². The van der Waals surface area contributed by atoms with Crippen molar-refractivity contribution in [3.63, 3.8) is 0 Å². The molecule has 0 aliphatic carbocycles. The van der Waals surface area contributed by atoms with Gasteiger partial charge in [-0.25, -0.2) is 0 Å². The number of carbonyl (C=O) groups excluding carboxylic acids is 1. The van der Waals surface area contributed by atoms with Gasteiger partial charge in [0.2, 0.25) is 5.91 Å². The third-order valence-electron chi connectivity index (χ3n) is 4.52. The predicted molar refractivity (Wildman–Crippen MR) is 76.4 cm³/mol. The summed E-state index contributed by atoms with van der Waals surface area (Å²) < 4.78 is 0. The van der Waals surface area contributed by atoms with Gasteiger partial charge < -0.3 is 10.0 Å². The molecule has 0 radical (unpaired) electrons. The first-order valence-corrected chi connectivity index (χ1v) is 7.76. The maximum Gasteiger partial charge on any atom is 0.308 e. The lowest BCUT2D eigenvalue weighted by Crippen LogP contribution is -2.52. The van der Waals surface area contributed by atoms with Gasteiger partial charge in [-0.1, -0.05) is 20.3 Å². The molecule has 2 rings (SSSR count). The summed E-state index contributed by atoms with van der Waals surface area (Å²) >= 11 is 0. The highest BCUT2D eigenvalue weighted by Gasteiger charge is 2.37. The maximum absolute atomic E-state index is 12.7. The van der Waals surface area contributed by atoms with Crippen molar-refractivity contribution in [3.8, 4) is 0 Å². The van der Waals surface area contributed by atoms with Gasteiger partial charge in [0.1, 0.15) is 0 Å². The van der Waals surface area contributed by atoms with Gasteiger partial charge in [-0.05, 0) is 38.3 Å². The van der Waals surface area contributed by atoms with E-state index in [1.54, 1.807) is 4.90 Å². The van der Waals surface area contributed by atoms with Crippen LogP contribution in [-0.4, -0.2) is 59.0 Å². The topological polar surface area (TPSA) is 60.9 Å². The van der Waals surface area contributed by atoms with Gasteiger partial charge in [-0.2, -0.15) is 0 Å². The van der Waals surface area contributed by atoms with E-state index in [1.165, 1.54) is 6.42 Å². The molecule has 0 aromatic heterocycles. The second kappa shape index (κ2) is 6.57. The van der Waals surface area contributed by atoms with Gasteiger partial charge in [-0.15, -0.1) is 0 Å². The molecule has 2 unspecified atom stereocenters. The number of carboxylic acid groups (broad SMARTS) is 1. The summed E-state index contributed by atoms with van der Waals surface area (Å²) in [5.41, 5.74) is 0. The number of hydrogen-bond donors (Lipinski definition) is 1. The Balaban J connectivity index is 2.02. The van der Waals surface area contributed by atoms with Gasteiger partial charge in [0.15, 0.2) is 0 Å². The number of piperidine rings is 1. The molecule has 0 spiro atoms. The first-order valence-electron chi connectivity index (χ1n) is 7.76. The van der Waals surface area contributed by atoms with Crippen LogP contribution >= 0.6 is 0 Å². The first kappa shape index (κ1) is 15.3. The molecule has 5 heteroatoms. The molecule has 2 aliphatic rings. The molecule has 1 N–H and O–H groups in total.